The lowest BCUT2D eigenvalue weighted by Gasteiger charge is -2.53. The summed E-state index contributed by atoms with van der Waals surface area (Å²) in [6.45, 7) is 2.14. The van der Waals surface area contributed by atoms with Crippen LogP contribution in [0.4, 0.5) is 4.39 Å². The molecule has 3 aliphatic rings. The van der Waals surface area contributed by atoms with Crippen LogP contribution >= 0.6 is 11.6 Å². The Labute approximate surface area is 225 Å². The summed E-state index contributed by atoms with van der Waals surface area (Å²) in [4.78, 5) is 24.1. The van der Waals surface area contributed by atoms with Crippen molar-refractivity contribution < 1.29 is 28.6 Å². The van der Waals surface area contributed by atoms with E-state index in [0.29, 0.717) is 46.9 Å². The zero-order valence-electron chi connectivity index (χ0n) is 21.4. The molecule has 2 aliphatic heterocycles. The second-order valence-electron chi connectivity index (χ2n) is 10.5. The predicted octanol–water partition coefficient (Wildman–Crippen LogP) is 5.78. The molecule has 7 nitrogen and oxygen atoms in total. The maximum Gasteiger partial charge on any atom is 0.312 e. The molecule has 2 bridgehead atoms. The Morgan fingerprint density at radius 1 is 1.18 bits per heavy atom. The van der Waals surface area contributed by atoms with Gasteiger partial charge in [0.05, 0.1) is 36.9 Å². The smallest absolute Gasteiger partial charge is 0.312 e. The first kappa shape index (κ1) is 26.4. The molecule has 0 amide bonds. The van der Waals surface area contributed by atoms with Crippen molar-refractivity contribution in [2.24, 2.45) is 7.05 Å². The van der Waals surface area contributed by atoms with Gasteiger partial charge in [0.1, 0.15) is 11.9 Å². The molecule has 0 unspecified atom stereocenters. The number of carboxylic acid groups (broad SMARTS) is 1. The molecule has 38 heavy (non-hydrogen) atoms. The van der Waals surface area contributed by atoms with Crippen molar-refractivity contribution >= 4 is 23.5 Å². The lowest BCUT2D eigenvalue weighted by Crippen LogP contribution is -2.54. The summed E-state index contributed by atoms with van der Waals surface area (Å²) in [5.74, 6) is -1.73. The number of carboxylic acids is 1. The minimum absolute atomic E-state index is 0.000235. The Morgan fingerprint density at radius 3 is 2.55 bits per heavy atom. The number of aromatic nitrogens is 2. The summed E-state index contributed by atoms with van der Waals surface area (Å²) >= 11 is 6.23. The van der Waals surface area contributed by atoms with E-state index in [1.165, 1.54) is 0 Å². The molecule has 2 aromatic carbocycles. The molecular weight excluding hydrogens is 511 g/mol. The molecule has 1 aromatic heterocycles. The topological polar surface area (TPSA) is 90.7 Å². The number of esters is 1. The second kappa shape index (κ2) is 10.2. The van der Waals surface area contributed by atoms with Crippen LogP contribution in [0.5, 0.6) is 0 Å². The van der Waals surface area contributed by atoms with Crippen LogP contribution in [0.3, 0.4) is 0 Å². The van der Waals surface area contributed by atoms with Crippen molar-refractivity contribution in [1.82, 2.24) is 9.78 Å². The molecule has 200 valence electrons. The summed E-state index contributed by atoms with van der Waals surface area (Å²) in [7, 11) is 1.71. The molecule has 6 rings (SSSR count). The summed E-state index contributed by atoms with van der Waals surface area (Å²) in [5.41, 5.74) is 2.06. The number of ether oxygens (including phenoxy) is 2. The molecule has 3 heterocycles. The highest BCUT2D eigenvalue weighted by molar-refractivity contribution is 6.31. The van der Waals surface area contributed by atoms with Crippen LogP contribution in [0.15, 0.2) is 48.7 Å². The van der Waals surface area contributed by atoms with Crippen LogP contribution in [0.25, 0.3) is 11.1 Å². The van der Waals surface area contributed by atoms with Crippen molar-refractivity contribution in [3.63, 3.8) is 0 Å². The van der Waals surface area contributed by atoms with Crippen LogP contribution < -0.4 is 0 Å². The number of aliphatic carboxylic acids is 1. The van der Waals surface area contributed by atoms with Crippen molar-refractivity contribution in [2.75, 3.05) is 6.61 Å². The van der Waals surface area contributed by atoms with Gasteiger partial charge in [-0.25, -0.2) is 4.39 Å². The Balaban J connectivity index is 1.33. The van der Waals surface area contributed by atoms with Crippen molar-refractivity contribution in [1.29, 1.82) is 0 Å². The van der Waals surface area contributed by atoms with E-state index >= 15 is 4.39 Å². The van der Waals surface area contributed by atoms with Gasteiger partial charge in [-0.3, -0.25) is 14.3 Å². The monoisotopic (exact) mass is 540 g/mol. The summed E-state index contributed by atoms with van der Waals surface area (Å²) in [6.07, 6.45) is 3.74. The molecule has 3 aromatic rings. The largest absolute Gasteiger partial charge is 0.481 e. The van der Waals surface area contributed by atoms with Crippen molar-refractivity contribution in [2.45, 2.75) is 62.6 Å². The molecule has 0 radical (unpaired) electrons. The number of halogens is 2. The molecule has 1 atom stereocenters. The fraction of sp³-hybridized carbons (Fsp3) is 0.414. The van der Waals surface area contributed by atoms with E-state index in [2.05, 4.69) is 5.10 Å². The van der Waals surface area contributed by atoms with Crippen molar-refractivity contribution in [3.8, 4) is 11.1 Å². The first-order valence-corrected chi connectivity index (χ1v) is 13.1. The highest BCUT2D eigenvalue weighted by atomic mass is 35.5. The summed E-state index contributed by atoms with van der Waals surface area (Å²) in [5, 5.41) is 14.0. The van der Waals surface area contributed by atoms with Crippen molar-refractivity contribution in [3.05, 3.63) is 76.3 Å². The van der Waals surface area contributed by atoms with Gasteiger partial charge >= 0.3 is 11.9 Å². The zero-order valence-corrected chi connectivity index (χ0v) is 22.1. The number of benzene rings is 2. The van der Waals surface area contributed by atoms with Crippen LogP contribution in [-0.2, 0) is 37.9 Å². The Hall–Kier alpha value is -3.23. The summed E-state index contributed by atoms with van der Waals surface area (Å²) in [6, 6.07) is 12.4. The molecule has 1 aliphatic carbocycles. The lowest BCUT2D eigenvalue weighted by molar-refractivity contribution is -0.175. The van der Waals surface area contributed by atoms with E-state index < -0.39 is 29.5 Å². The fourth-order valence-electron chi connectivity index (χ4n) is 5.84. The third kappa shape index (κ3) is 4.95. The standard InChI is InChI=1S/C29H30ClFN2O5/c1-18(20-5-3-4-6-23(20)30)38-27(36)14-25-22(16-32-33(25)2)21-8-7-19(13-24(21)31)28-9-11-29(12-10-28,37-17-28)15-26(34)35/h3-8,13,16,18H,9-12,14-15,17H2,1-2H3,(H,34,35)/t18-,28?,29?/m1/s1. The normalized spacial score (nSPS) is 23.3. The molecule has 2 saturated heterocycles. The maximum absolute atomic E-state index is 15.6. The molecule has 1 saturated carbocycles. The average Bonchev–Trinajstić information content (AvgIpc) is 3.24. The van der Waals surface area contributed by atoms with E-state index in [1.54, 1.807) is 43.0 Å². The fourth-order valence-corrected chi connectivity index (χ4v) is 6.13. The summed E-state index contributed by atoms with van der Waals surface area (Å²) < 4.78 is 28.8. The maximum atomic E-state index is 15.6. The molecule has 9 heteroatoms. The highest BCUT2D eigenvalue weighted by Gasteiger charge is 2.51. The minimum Gasteiger partial charge on any atom is -0.481 e. The van der Waals surface area contributed by atoms with Crippen LogP contribution in [0.2, 0.25) is 5.02 Å². The van der Waals surface area contributed by atoms with E-state index in [0.717, 1.165) is 18.4 Å². The van der Waals surface area contributed by atoms with Gasteiger partial charge in [-0.05, 0) is 50.3 Å². The Bertz CT molecular complexity index is 1360. The van der Waals surface area contributed by atoms with Gasteiger partial charge in [0, 0.05) is 34.2 Å². The quantitative estimate of drug-likeness (QED) is 0.364. The molecule has 3 fully saturated rings. The van der Waals surface area contributed by atoms with Gasteiger partial charge in [0.15, 0.2) is 0 Å². The molecular formula is C29H30ClFN2O5. The number of rotatable bonds is 8. The van der Waals surface area contributed by atoms with Crippen LogP contribution in [0, 0.1) is 5.82 Å². The van der Waals surface area contributed by atoms with Crippen LogP contribution in [0.1, 0.15) is 62.0 Å². The number of fused-ring (bicyclic) bond motifs is 3. The van der Waals surface area contributed by atoms with E-state index in [4.69, 9.17) is 21.1 Å². The highest BCUT2D eigenvalue weighted by Crippen LogP contribution is 2.52. The minimum atomic E-state index is -0.857. The SMILES string of the molecule is C[C@@H](OC(=O)Cc1c(-c2ccc(C34CCC(CC(=O)O)(CC3)OC4)cc2F)cnn1C)c1ccccc1Cl. The number of carbonyl (C=O) groups is 2. The Kier molecular flexibility index (Phi) is 7.05. The van der Waals surface area contributed by atoms with Gasteiger partial charge in [0.25, 0.3) is 0 Å². The number of hydrogen-bond donors (Lipinski definition) is 1. The lowest BCUT2D eigenvalue weighted by atomic mass is 9.62. The van der Waals surface area contributed by atoms with Gasteiger partial charge in [-0.15, -0.1) is 0 Å². The van der Waals surface area contributed by atoms with E-state index in [1.807, 2.05) is 24.3 Å². The number of hydrogen-bond acceptors (Lipinski definition) is 5. The van der Waals surface area contributed by atoms with E-state index in [-0.39, 0.29) is 18.3 Å². The van der Waals surface area contributed by atoms with Crippen LogP contribution in [-0.4, -0.2) is 39.0 Å². The average molecular weight is 541 g/mol. The second-order valence-corrected chi connectivity index (χ2v) is 10.9. The first-order valence-electron chi connectivity index (χ1n) is 12.7. The third-order valence-corrected chi connectivity index (χ3v) is 8.49. The van der Waals surface area contributed by atoms with Gasteiger partial charge in [0.2, 0.25) is 0 Å². The number of carbonyl (C=O) groups excluding carboxylic acids is 1. The molecule has 0 spiro atoms. The number of aryl methyl sites for hydroxylation is 1. The third-order valence-electron chi connectivity index (χ3n) is 8.14. The molecule has 1 N–H and O–H groups in total. The van der Waals surface area contributed by atoms with Gasteiger partial charge in [-0.1, -0.05) is 41.9 Å². The zero-order chi connectivity index (χ0) is 27.1. The predicted molar refractivity (Wildman–Crippen MR) is 139 cm³/mol. The number of nitrogens with zero attached hydrogens (tertiary/aromatic N) is 2. The first-order chi connectivity index (χ1) is 18.1. The van der Waals surface area contributed by atoms with E-state index in [9.17, 15) is 14.7 Å². The van der Waals surface area contributed by atoms with Gasteiger partial charge in [-0.2, -0.15) is 5.10 Å². The van der Waals surface area contributed by atoms with Gasteiger partial charge < -0.3 is 14.6 Å². The Morgan fingerprint density at radius 2 is 1.92 bits per heavy atom.